The van der Waals surface area contributed by atoms with Crippen molar-refractivity contribution >= 4 is 23.6 Å². The smallest absolute Gasteiger partial charge is 0.313 e. The highest BCUT2D eigenvalue weighted by molar-refractivity contribution is 8.00. The Morgan fingerprint density at radius 3 is 2.67 bits per heavy atom. The van der Waals surface area contributed by atoms with E-state index in [1.807, 2.05) is 6.07 Å². The zero-order valence-corrected chi connectivity index (χ0v) is 12.3. The summed E-state index contributed by atoms with van der Waals surface area (Å²) in [6.07, 6.45) is 0. The van der Waals surface area contributed by atoms with Gasteiger partial charge in [0.2, 0.25) is 5.91 Å². The average Bonchev–Trinajstić information content (AvgIpc) is 2.45. The number of aliphatic carboxylic acids is 1. The van der Waals surface area contributed by atoms with Gasteiger partial charge in [0.1, 0.15) is 5.82 Å². The molecular formula is C14H15FN2O3S. The van der Waals surface area contributed by atoms with E-state index >= 15 is 0 Å². The fraction of sp³-hybridized carbons (Fsp3) is 0.357. The highest BCUT2D eigenvalue weighted by atomic mass is 32.2. The van der Waals surface area contributed by atoms with E-state index in [-0.39, 0.29) is 29.5 Å². The molecule has 0 fully saturated rings. The van der Waals surface area contributed by atoms with E-state index in [1.165, 1.54) is 17.0 Å². The third kappa shape index (κ3) is 5.44. The van der Waals surface area contributed by atoms with Crippen LogP contribution in [0.5, 0.6) is 0 Å². The molecule has 112 valence electrons. The fourth-order valence-electron chi connectivity index (χ4n) is 1.64. The van der Waals surface area contributed by atoms with E-state index in [2.05, 4.69) is 0 Å². The molecule has 0 heterocycles. The highest BCUT2D eigenvalue weighted by Gasteiger charge is 2.15. The quantitative estimate of drug-likeness (QED) is 0.831. The van der Waals surface area contributed by atoms with E-state index in [9.17, 15) is 14.0 Å². The summed E-state index contributed by atoms with van der Waals surface area (Å²) in [6, 6.07) is 5.95. The third-order valence-electron chi connectivity index (χ3n) is 2.73. The molecule has 0 unspecified atom stereocenters. The first-order chi connectivity index (χ1) is 9.97. The van der Waals surface area contributed by atoms with Gasteiger partial charge in [0.05, 0.1) is 23.1 Å². The molecule has 0 spiro atoms. The minimum atomic E-state index is -0.978. The van der Waals surface area contributed by atoms with Crippen molar-refractivity contribution in [2.24, 2.45) is 0 Å². The first-order valence-corrected chi connectivity index (χ1v) is 7.39. The van der Waals surface area contributed by atoms with Crippen molar-refractivity contribution in [2.75, 3.05) is 18.1 Å². The van der Waals surface area contributed by atoms with Gasteiger partial charge >= 0.3 is 5.97 Å². The molecule has 1 aromatic carbocycles. The standard InChI is InChI=1S/C14H15FN2O3S/c1-2-17(13(18)8-21-9-14(19)20)7-11-4-3-10(6-16)5-12(11)15/h3-5H,2,7-9H2,1H3,(H,19,20). The molecule has 1 amide bonds. The SMILES string of the molecule is CCN(Cc1ccc(C#N)cc1F)C(=O)CSCC(=O)O. The van der Waals surface area contributed by atoms with Crippen LogP contribution in [0.15, 0.2) is 18.2 Å². The van der Waals surface area contributed by atoms with Crippen LogP contribution in [0.1, 0.15) is 18.1 Å². The number of benzene rings is 1. The van der Waals surface area contributed by atoms with Crippen LogP contribution in [0, 0.1) is 17.1 Å². The largest absolute Gasteiger partial charge is 0.481 e. The van der Waals surface area contributed by atoms with Crippen molar-refractivity contribution in [3.8, 4) is 6.07 Å². The molecular weight excluding hydrogens is 295 g/mol. The lowest BCUT2D eigenvalue weighted by Crippen LogP contribution is -2.32. The first-order valence-electron chi connectivity index (χ1n) is 6.23. The number of hydrogen-bond donors (Lipinski definition) is 1. The summed E-state index contributed by atoms with van der Waals surface area (Å²) in [5.74, 6) is -1.85. The number of carboxylic acids is 1. The lowest BCUT2D eigenvalue weighted by Gasteiger charge is -2.21. The maximum Gasteiger partial charge on any atom is 0.313 e. The molecule has 21 heavy (non-hydrogen) atoms. The Kier molecular flexibility index (Phi) is 6.69. The Labute approximate surface area is 126 Å². The molecule has 0 atom stereocenters. The molecule has 0 bridgehead atoms. The Bertz CT molecular complexity index is 572. The van der Waals surface area contributed by atoms with Crippen molar-refractivity contribution in [1.29, 1.82) is 5.26 Å². The number of amides is 1. The minimum absolute atomic E-state index is 0.0397. The average molecular weight is 310 g/mol. The van der Waals surface area contributed by atoms with Crippen molar-refractivity contribution in [3.05, 3.63) is 35.1 Å². The second-order valence-corrected chi connectivity index (χ2v) is 5.20. The zero-order chi connectivity index (χ0) is 15.8. The van der Waals surface area contributed by atoms with Crippen LogP contribution in [0.2, 0.25) is 0 Å². The van der Waals surface area contributed by atoms with Gasteiger partial charge < -0.3 is 10.0 Å². The van der Waals surface area contributed by atoms with E-state index < -0.39 is 11.8 Å². The summed E-state index contributed by atoms with van der Waals surface area (Å²) in [4.78, 5) is 23.8. The van der Waals surface area contributed by atoms with Gasteiger partial charge in [0, 0.05) is 18.7 Å². The van der Waals surface area contributed by atoms with Gasteiger partial charge in [-0.25, -0.2) is 4.39 Å². The van der Waals surface area contributed by atoms with Gasteiger partial charge in [-0.2, -0.15) is 5.26 Å². The van der Waals surface area contributed by atoms with E-state index in [0.29, 0.717) is 12.1 Å². The number of halogens is 1. The summed E-state index contributed by atoms with van der Waals surface area (Å²) < 4.78 is 13.8. The monoisotopic (exact) mass is 310 g/mol. The van der Waals surface area contributed by atoms with Crippen LogP contribution in [0.3, 0.4) is 0 Å². The number of rotatable bonds is 7. The molecule has 0 saturated carbocycles. The topological polar surface area (TPSA) is 81.4 Å². The number of carboxylic acid groups (broad SMARTS) is 1. The molecule has 0 aromatic heterocycles. The van der Waals surface area contributed by atoms with E-state index in [1.54, 1.807) is 6.92 Å². The van der Waals surface area contributed by atoms with Gasteiger partial charge in [-0.1, -0.05) is 6.07 Å². The fourth-order valence-corrected chi connectivity index (χ4v) is 2.28. The first kappa shape index (κ1) is 17.0. The molecule has 0 aliphatic heterocycles. The number of carbonyl (C=O) groups is 2. The van der Waals surface area contributed by atoms with Crippen LogP contribution < -0.4 is 0 Å². The predicted octanol–water partition coefficient (Wildman–Crippen LogP) is 1.86. The van der Waals surface area contributed by atoms with Gasteiger partial charge in [0.25, 0.3) is 0 Å². The van der Waals surface area contributed by atoms with Gasteiger partial charge in [-0.3, -0.25) is 9.59 Å². The van der Waals surface area contributed by atoms with Crippen LogP contribution >= 0.6 is 11.8 Å². The number of hydrogen-bond acceptors (Lipinski definition) is 4. The van der Waals surface area contributed by atoms with E-state index in [0.717, 1.165) is 17.8 Å². The Morgan fingerprint density at radius 1 is 1.43 bits per heavy atom. The maximum absolute atomic E-state index is 13.8. The molecule has 7 heteroatoms. The second kappa shape index (κ2) is 8.27. The normalized spacial score (nSPS) is 9.95. The third-order valence-corrected chi connectivity index (χ3v) is 3.63. The Balaban J connectivity index is 2.67. The lowest BCUT2D eigenvalue weighted by atomic mass is 10.1. The Hall–Kier alpha value is -2.07. The maximum atomic E-state index is 13.8. The second-order valence-electron chi connectivity index (χ2n) is 4.21. The molecule has 0 aliphatic rings. The number of nitrogens with zero attached hydrogens (tertiary/aromatic N) is 2. The summed E-state index contributed by atoms with van der Waals surface area (Å²) in [5.41, 5.74) is 0.551. The zero-order valence-electron chi connectivity index (χ0n) is 11.5. The van der Waals surface area contributed by atoms with E-state index in [4.69, 9.17) is 10.4 Å². The predicted molar refractivity (Wildman–Crippen MR) is 77.2 cm³/mol. The highest BCUT2D eigenvalue weighted by Crippen LogP contribution is 2.13. The van der Waals surface area contributed by atoms with Gasteiger partial charge in [-0.15, -0.1) is 11.8 Å². The molecule has 1 rings (SSSR count). The van der Waals surface area contributed by atoms with Gasteiger partial charge in [0.15, 0.2) is 0 Å². The summed E-state index contributed by atoms with van der Waals surface area (Å²) in [5, 5.41) is 17.2. The summed E-state index contributed by atoms with van der Waals surface area (Å²) >= 11 is 1.01. The summed E-state index contributed by atoms with van der Waals surface area (Å²) in [6.45, 7) is 2.26. The molecule has 0 aliphatic carbocycles. The summed E-state index contributed by atoms with van der Waals surface area (Å²) in [7, 11) is 0. The van der Waals surface area contributed by atoms with Crippen LogP contribution in [-0.2, 0) is 16.1 Å². The molecule has 1 aromatic rings. The number of carbonyl (C=O) groups excluding carboxylic acids is 1. The van der Waals surface area contributed by atoms with Crippen molar-refractivity contribution < 1.29 is 19.1 Å². The molecule has 5 nitrogen and oxygen atoms in total. The number of nitriles is 1. The van der Waals surface area contributed by atoms with Crippen LogP contribution in [0.25, 0.3) is 0 Å². The van der Waals surface area contributed by atoms with Crippen LogP contribution in [-0.4, -0.2) is 39.9 Å². The lowest BCUT2D eigenvalue weighted by molar-refractivity contribution is -0.133. The molecule has 0 radical (unpaired) electrons. The van der Waals surface area contributed by atoms with Gasteiger partial charge in [-0.05, 0) is 19.1 Å². The Morgan fingerprint density at radius 2 is 2.14 bits per heavy atom. The molecule has 1 N–H and O–H groups in total. The van der Waals surface area contributed by atoms with Crippen LogP contribution in [0.4, 0.5) is 4.39 Å². The molecule has 0 saturated heterocycles. The number of thioether (sulfide) groups is 1. The minimum Gasteiger partial charge on any atom is -0.481 e. The van der Waals surface area contributed by atoms with Crippen molar-refractivity contribution in [3.63, 3.8) is 0 Å². The van der Waals surface area contributed by atoms with Crippen molar-refractivity contribution in [1.82, 2.24) is 4.90 Å². The van der Waals surface area contributed by atoms with Crippen molar-refractivity contribution in [2.45, 2.75) is 13.5 Å².